The number of nitrogens with zero attached hydrogens (tertiary/aromatic N) is 2. The molecule has 3 heterocycles. The Labute approximate surface area is 194 Å². The van der Waals surface area contributed by atoms with Crippen LogP contribution in [0.2, 0.25) is 0 Å². The van der Waals surface area contributed by atoms with Gasteiger partial charge in [-0.05, 0) is 67.1 Å². The fourth-order valence-corrected chi connectivity index (χ4v) is 5.14. The number of aryl methyl sites for hydroxylation is 1. The number of amides is 2. The summed E-state index contributed by atoms with van der Waals surface area (Å²) in [5.41, 5.74) is 6.69. The lowest BCUT2D eigenvalue weighted by molar-refractivity contribution is -0.126. The van der Waals surface area contributed by atoms with Gasteiger partial charge in [-0.2, -0.15) is 0 Å². The smallest absolute Gasteiger partial charge is 0.255 e. The van der Waals surface area contributed by atoms with Crippen molar-refractivity contribution in [3.8, 4) is 0 Å². The van der Waals surface area contributed by atoms with Gasteiger partial charge in [0.2, 0.25) is 5.91 Å². The Morgan fingerprint density at radius 2 is 1.91 bits per heavy atom. The largest absolute Gasteiger partial charge is 0.329 e. The average molecular weight is 444 g/mol. The molecule has 1 fully saturated rings. The topological polar surface area (TPSA) is 69.7 Å². The zero-order valence-electron chi connectivity index (χ0n) is 19.0. The maximum Gasteiger partial charge on any atom is 0.255 e. The maximum atomic E-state index is 12.9. The number of carbonyl (C=O) groups is 3. The number of carbonyl (C=O) groups excluding carboxylic acids is 3. The molecule has 0 radical (unpaired) electrons. The monoisotopic (exact) mass is 443 g/mol. The normalized spacial score (nSPS) is 20.5. The van der Waals surface area contributed by atoms with E-state index in [9.17, 15) is 14.4 Å². The van der Waals surface area contributed by atoms with E-state index in [0.29, 0.717) is 43.5 Å². The third-order valence-corrected chi connectivity index (χ3v) is 7.07. The molecule has 0 saturated carbocycles. The van der Waals surface area contributed by atoms with Crippen molar-refractivity contribution in [3.05, 3.63) is 82.1 Å². The van der Waals surface area contributed by atoms with E-state index < -0.39 is 6.04 Å². The summed E-state index contributed by atoms with van der Waals surface area (Å²) in [5, 5.41) is 2.77. The highest BCUT2D eigenvalue weighted by molar-refractivity contribution is 6.01. The van der Waals surface area contributed by atoms with Gasteiger partial charge in [0.1, 0.15) is 6.04 Å². The molecule has 2 aromatic carbocycles. The van der Waals surface area contributed by atoms with Crippen molar-refractivity contribution in [2.24, 2.45) is 0 Å². The van der Waals surface area contributed by atoms with Gasteiger partial charge in [0, 0.05) is 42.9 Å². The van der Waals surface area contributed by atoms with E-state index in [0.717, 1.165) is 36.2 Å². The van der Waals surface area contributed by atoms with Crippen LogP contribution < -0.4 is 5.32 Å². The number of nitrogens with one attached hydrogen (secondary N) is 1. The van der Waals surface area contributed by atoms with Gasteiger partial charge >= 0.3 is 0 Å². The fraction of sp³-hybridized carbons (Fsp3) is 0.370. The number of ketones is 1. The van der Waals surface area contributed by atoms with E-state index in [2.05, 4.69) is 36.0 Å². The standard InChI is InChI=1S/C27H29N3O3/c1-17-3-9-24(26(32)28-17)30-16-22-13-18(4-8-23(22)27(30)33)5-10-25(31)20-7-6-19-11-12-29(2)15-21(19)14-20/h4,6-8,13-14,24H,1,3,5,9-12,15-16H2,2H3,(H,28,32). The van der Waals surface area contributed by atoms with Gasteiger partial charge in [0.15, 0.2) is 5.78 Å². The summed E-state index contributed by atoms with van der Waals surface area (Å²) in [6.07, 6.45) is 3.37. The summed E-state index contributed by atoms with van der Waals surface area (Å²) in [6, 6.07) is 11.4. The molecule has 1 saturated heterocycles. The summed E-state index contributed by atoms with van der Waals surface area (Å²) in [6.45, 7) is 6.18. The van der Waals surface area contributed by atoms with E-state index in [-0.39, 0.29) is 17.6 Å². The Morgan fingerprint density at radius 1 is 1.06 bits per heavy atom. The molecular weight excluding hydrogens is 414 g/mol. The summed E-state index contributed by atoms with van der Waals surface area (Å²) in [4.78, 5) is 42.1. The van der Waals surface area contributed by atoms with Crippen LogP contribution in [0, 0.1) is 0 Å². The van der Waals surface area contributed by atoms with Crippen molar-refractivity contribution in [1.29, 1.82) is 0 Å². The van der Waals surface area contributed by atoms with Gasteiger partial charge < -0.3 is 15.1 Å². The minimum Gasteiger partial charge on any atom is -0.329 e. The Hall–Kier alpha value is -3.25. The van der Waals surface area contributed by atoms with E-state index in [1.807, 2.05) is 24.3 Å². The van der Waals surface area contributed by atoms with Gasteiger partial charge in [-0.1, -0.05) is 30.8 Å². The highest BCUT2D eigenvalue weighted by atomic mass is 16.2. The number of hydrogen-bond donors (Lipinski definition) is 1. The van der Waals surface area contributed by atoms with Crippen molar-refractivity contribution in [3.63, 3.8) is 0 Å². The molecular formula is C27H29N3O3. The van der Waals surface area contributed by atoms with Gasteiger partial charge in [-0.15, -0.1) is 0 Å². The first kappa shape index (κ1) is 21.6. The molecule has 3 aliphatic rings. The number of rotatable bonds is 5. The second-order valence-electron chi connectivity index (χ2n) is 9.47. The van der Waals surface area contributed by atoms with Crippen LogP contribution in [0.5, 0.6) is 0 Å². The quantitative estimate of drug-likeness (QED) is 0.721. The van der Waals surface area contributed by atoms with E-state index in [1.165, 1.54) is 11.1 Å². The second-order valence-corrected chi connectivity index (χ2v) is 9.47. The molecule has 2 aromatic rings. The molecule has 0 bridgehead atoms. The van der Waals surface area contributed by atoms with Crippen LogP contribution in [-0.4, -0.2) is 47.0 Å². The van der Waals surface area contributed by atoms with Crippen LogP contribution in [-0.2, 0) is 30.7 Å². The predicted molar refractivity (Wildman–Crippen MR) is 126 cm³/mol. The van der Waals surface area contributed by atoms with Crippen molar-refractivity contribution in [2.45, 2.75) is 51.2 Å². The number of fused-ring (bicyclic) bond motifs is 2. The molecule has 33 heavy (non-hydrogen) atoms. The van der Waals surface area contributed by atoms with E-state index in [1.54, 1.807) is 4.90 Å². The van der Waals surface area contributed by atoms with Crippen LogP contribution >= 0.6 is 0 Å². The molecule has 2 amide bonds. The lowest BCUT2D eigenvalue weighted by Gasteiger charge is -2.30. The molecule has 5 rings (SSSR count). The molecule has 1 atom stereocenters. The molecule has 170 valence electrons. The molecule has 0 spiro atoms. The minimum absolute atomic E-state index is 0.0979. The van der Waals surface area contributed by atoms with Crippen molar-refractivity contribution >= 4 is 17.6 Å². The van der Waals surface area contributed by atoms with Gasteiger partial charge in [-0.3, -0.25) is 14.4 Å². The molecule has 1 unspecified atom stereocenters. The maximum absolute atomic E-state index is 12.9. The first-order valence-electron chi connectivity index (χ1n) is 11.6. The van der Waals surface area contributed by atoms with Crippen LogP contribution in [0.4, 0.5) is 0 Å². The number of likely N-dealkylation sites (N-methyl/N-ethyl adjacent to an activating group) is 1. The number of piperidine rings is 1. The molecule has 1 N–H and O–H groups in total. The third kappa shape index (κ3) is 4.23. The summed E-state index contributed by atoms with van der Waals surface area (Å²) < 4.78 is 0. The SMILES string of the molecule is C=C1CCC(N2Cc3cc(CCC(=O)c4ccc5c(c4)CN(C)CC5)ccc3C2=O)C(=O)N1. The Balaban J connectivity index is 1.25. The number of hydrogen-bond acceptors (Lipinski definition) is 4. The summed E-state index contributed by atoms with van der Waals surface area (Å²) in [7, 11) is 2.11. The minimum atomic E-state index is -0.455. The van der Waals surface area contributed by atoms with Crippen molar-refractivity contribution < 1.29 is 14.4 Å². The molecule has 6 nitrogen and oxygen atoms in total. The Bertz CT molecular complexity index is 1170. The van der Waals surface area contributed by atoms with Crippen LogP contribution in [0.3, 0.4) is 0 Å². The Kier molecular flexibility index (Phi) is 5.62. The van der Waals surface area contributed by atoms with Crippen LogP contribution in [0.15, 0.2) is 48.7 Å². The number of benzene rings is 2. The van der Waals surface area contributed by atoms with E-state index in [4.69, 9.17) is 0 Å². The van der Waals surface area contributed by atoms with Gasteiger partial charge in [-0.25, -0.2) is 0 Å². The van der Waals surface area contributed by atoms with Gasteiger partial charge in [0.25, 0.3) is 5.91 Å². The Morgan fingerprint density at radius 3 is 2.73 bits per heavy atom. The second kappa shape index (κ2) is 8.60. The molecule has 0 aliphatic carbocycles. The fourth-order valence-electron chi connectivity index (χ4n) is 5.14. The third-order valence-electron chi connectivity index (χ3n) is 7.07. The summed E-state index contributed by atoms with van der Waals surface area (Å²) in [5.74, 6) is -0.114. The van der Waals surface area contributed by atoms with Crippen molar-refractivity contribution in [2.75, 3.05) is 13.6 Å². The highest BCUT2D eigenvalue weighted by Crippen LogP contribution is 2.29. The first-order valence-corrected chi connectivity index (χ1v) is 11.6. The number of Topliss-reactive ketones (excluding diaryl/α,β-unsaturated/α-hetero) is 1. The predicted octanol–water partition coefficient (Wildman–Crippen LogP) is 3.24. The highest BCUT2D eigenvalue weighted by Gasteiger charge is 2.38. The van der Waals surface area contributed by atoms with Crippen LogP contribution in [0.1, 0.15) is 62.2 Å². The zero-order valence-corrected chi connectivity index (χ0v) is 19.0. The lowest BCUT2D eigenvalue weighted by atomic mass is 9.94. The molecule has 3 aliphatic heterocycles. The average Bonchev–Trinajstić information content (AvgIpc) is 3.12. The zero-order chi connectivity index (χ0) is 23.1. The number of allylic oxidation sites excluding steroid dienone is 1. The van der Waals surface area contributed by atoms with E-state index >= 15 is 0 Å². The first-order chi connectivity index (χ1) is 15.9. The summed E-state index contributed by atoms with van der Waals surface area (Å²) >= 11 is 0. The molecule has 6 heteroatoms. The van der Waals surface area contributed by atoms with Gasteiger partial charge in [0.05, 0.1) is 0 Å². The molecule has 0 aromatic heterocycles. The van der Waals surface area contributed by atoms with Crippen molar-refractivity contribution in [1.82, 2.24) is 15.1 Å². The lowest BCUT2D eigenvalue weighted by Crippen LogP contribution is -2.49. The van der Waals surface area contributed by atoms with Crippen LogP contribution in [0.25, 0.3) is 0 Å².